The quantitative estimate of drug-likeness (QED) is 0.211. The number of methoxy groups -OCH3 is 1. The number of piperidine rings is 1. The van der Waals surface area contributed by atoms with Crippen molar-refractivity contribution >= 4 is 35.1 Å². The monoisotopic (exact) mass is 504 g/mol. The predicted octanol–water partition coefficient (Wildman–Crippen LogP) is 6.01. The highest BCUT2D eigenvalue weighted by Gasteiger charge is 2.36. The largest absolute Gasteiger partial charge is 0.493 e. The van der Waals surface area contributed by atoms with Crippen LogP contribution in [-0.2, 0) is 6.61 Å². The minimum absolute atomic E-state index is 0.0377. The second-order valence-corrected chi connectivity index (χ2v) is 11.0. The average Bonchev–Trinajstić information content (AvgIpc) is 2.87. The summed E-state index contributed by atoms with van der Waals surface area (Å²) >= 11 is 3.68. The Balaban J connectivity index is 1.93. The maximum Gasteiger partial charge on any atom is 0.286 e. The van der Waals surface area contributed by atoms with Crippen LogP contribution in [0.2, 0.25) is 0 Å². The zero-order valence-electron chi connectivity index (χ0n) is 19.9. The van der Waals surface area contributed by atoms with Crippen molar-refractivity contribution in [1.82, 2.24) is 4.90 Å². The summed E-state index contributed by atoms with van der Waals surface area (Å²) in [7, 11) is 1.47. The lowest BCUT2D eigenvalue weighted by Crippen LogP contribution is -2.48. The van der Waals surface area contributed by atoms with Gasteiger partial charge < -0.3 is 14.4 Å². The lowest BCUT2D eigenvalue weighted by Gasteiger charge is -2.40. The maximum absolute atomic E-state index is 13.7. The van der Waals surface area contributed by atoms with E-state index >= 15 is 0 Å². The molecule has 1 heterocycles. The molecule has 2 aromatic rings. The molecule has 3 rings (SSSR count). The number of carbonyl (C=O) groups is 1. The Kier molecular flexibility index (Phi) is 9.95. The fraction of sp³-hybridized carbons (Fsp3) is 0.480. The first kappa shape index (κ1) is 26.2. The summed E-state index contributed by atoms with van der Waals surface area (Å²) in [5.74, 6) is 2.14. The molecule has 1 amide bonds. The Morgan fingerprint density at radius 2 is 1.85 bits per heavy atom. The molecular formula is C25H32N2O5S2. The van der Waals surface area contributed by atoms with Crippen LogP contribution in [0.1, 0.15) is 49.0 Å². The summed E-state index contributed by atoms with van der Waals surface area (Å²) in [6, 6.07) is 12.3. The Morgan fingerprint density at radius 3 is 2.47 bits per heavy atom. The van der Waals surface area contributed by atoms with Gasteiger partial charge in [0, 0.05) is 12.6 Å². The zero-order chi connectivity index (χ0) is 24.5. The van der Waals surface area contributed by atoms with E-state index in [4.69, 9.17) is 9.47 Å². The number of hydrogen-bond acceptors (Lipinski definition) is 7. The Labute approximate surface area is 209 Å². The van der Waals surface area contributed by atoms with E-state index in [1.54, 1.807) is 0 Å². The minimum Gasteiger partial charge on any atom is -0.493 e. The highest BCUT2D eigenvalue weighted by Crippen LogP contribution is 2.39. The molecule has 7 nitrogen and oxygen atoms in total. The van der Waals surface area contributed by atoms with Gasteiger partial charge in [-0.05, 0) is 36.3 Å². The smallest absolute Gasteiger partial charge is 0.286 e. The SMILES string of the molecule is CCSC(SCC)[C@@H]1CCCCN1C(=O)c1cc(OC)c(OCc2ccccc2)cc1[N+](=O)[O-]. The lowest BCUT2D eigenvalue weighted by atomic mass is 10.0. The van der Waals surface area contributed by atoms with Gasteiger partial charge in [0.15, 0.2) is 11.5 Å². The molecule has 0 aliphatic carbocycles. The molecule has 0 saturated carbocycles. The van der Waals surface area contributed by atoms with Crippen LogP contribution in [-0.4, -0.2) is 51.5 Å². The van der Waals surface area contributed by atoms with Crippen molar-refractivity contribution in [3.05, 3.63) is 63.7 Å². The highest BCUT2D eigenvalue weighted by atomic mass is 32.2. The standard InChI is InChI=1S/C25H32N2O5S2/c1-4-33-25(34-5-2)20-13-9-10-14-26(20)24(28)19-15-22(31-3)23(16-21(19)27(29)30)32-17-18-11-7-6-8-12-18/h6-8,11-12,15-16,20,25H,4-5,9-10,13-14,17H2,1-3H3/t20-/m0/s1. The predicted molar refractivity (Wildman–Crippen MR) is 139 cm³/mol. The molecule has 34 heavy (non-hydrogen) atoms. The molecule has 2 aromatic carbocycles. The van der Waals surface area contributed by atoms with Crippen molar-refractivity contribution in [2.24, 2.45) is 0 Å². The molecule has 1 saturated heterocycles. The van der Waals surface area contributed by atoms with E-state index in [-0.39, 0.29) is 40.1 Å². The number of hydrogen-bond donors (Lipinski definition) is 0. The van der Waals surface area contributed by atoms with Gasteiger partial charge in [0.1, 0.15) is 12.2 Å². The van der Waals surface area contributed by atoms with Gasteiger partial charge in [-0.3, -0.25) is 14.9 Å². The number of ether oxygens (including phenoxy) is 2. The molecule has 184 valence electrons. The molecule has 1 fully saturated rings. The van der Waals surface area contributed by atoms with E-state index in [1.807, 2.05) is 58.8 Å². The second kappa shape index (κ2) is 12.9. The van der Waals surface area contributed by atoms with Crippen molar-refractivity contribution in [2.45, 2.75) is 50.3 Å². The van der Waals surface area contributed by atoms with Crippen molar-refractivity contribution in [2.75, 3.05) is 25.2 Å². The lowest BCUT2D eigenvalue weighted by molar-refractivity contribution is -0.385. The van der Waals surface area contributed by atoms with Crippen LogP contribution in [0, 0.1) is 10.1 Å². The van der Waals surface area contributed by atoms with Crippen molar-refractivity contribution in [3.63, 3.8) is 0 Å². The van der Waals surface area contributed by atoms with E-state index in [2.05, 4.69) is 13.8 Å². The third kappa shape index (κ3) is 6.39. The minimum atomic E-state index is -0.514. The molecule has 0 radical (unpaired) electrons. The van der Waals surface area contributed by atoms with Crippen LogP contribution < -0.4 is 9.47 Å². The number of likely N-dealkylation sites (tertiary alicyclic amines) is 1. The first-order chi connectivity index (χ1) is 16.5. The van der Waals surface area contributed by atoms with Crippen LogP contribution in [0.15, 0.2) is 42.5 Å². The first-order valence-corrected chi connectivity index (χ1v) is 13.7. The molecule has 0 spiro atoms. The summed E-state index contributed by atoms with van der Waals surface area (Å²) in [6.45, 7) is 5.07. The number of nitro benzene ring substituents is 1. The molecule has 9 heteroatoms. The van der Waals surface area contributed by atoms with Crippen LogP contribution in [0.3, 0.4) is 0 Å². The van der Waals surface area contributed by atoms with Gasteiger partial charge in [-0.1, -0.05) is 44.2 Å². The van der Waals surface area contributed by atoms with E-state index in [0.29, 0.717) is 12.3 Å². The summed E-state index contributed by atoms with van der Waals surface area (Å²) in [5, 5.41) is 12.0. The molecule has 0 unspecified atom stereocenters. The van der Waals surface area contributed by atoms with Gasteiger partial charge >= 0.3 is 0 Å². The van der Waals surface area contributed by atoms with Crippen molar-refractivity contribution in [3.8, 4) is 11.5 Å². The molecule has 1 aliphatic heterocycles. The van der Waals surface area contributed by atoms with Crippen molar-refractivity contribution in [1.29, 1.82) is 0 Å². The Bertz CT molecular complexity index is 967. The van der Waals surface area contributed by atoms with E-state index in [0.717, 1.165) is 36.3 Å². The number of thioether (sulfide) groups is 2. The maximum atomic E-state index is 13.7. The summed E-state index contributed by atoms with van der Waals surface area (Å²) in [5.41, 5.74) is 0.708. The van der Waals surface area contributed by atoms with Gasteiger partial charge in [0.05, 0.1) is 28.7 Å². The topological polar surface area (TPSA) is 81.9 Å². The average molecular weight is 505 g/mol. The van der Waals surface area contributed by atoms with Gasteiger partial charge in [-0.15, -0.1) is 23.5 Å². The molecular weight excluding hydrogens is 472 g/mol. The molecule has 0 aromatic heterocycles. The highest BCUT2D eigenvalue weighted by molar-refractivity contribution is 8.17. The summed E-state index contributed by atoms with van der Waals surface area (Å²) in [4.78, 5) is 27.0. The number of carbonyl (C=O) groups excluding carboxylic acids is 1. The molecule has 0 N–H and O–H groups in total. The number of amides is 1. The van der Waals surface area contributed by atoms with Gasteiger partial charge in [0.2, 0.25) is 0 Å². The number of nitrogens with zero attached hydrogens (tertiary/aromatic N) is 2. The third-order valence-corrected chi connectivity index (χ3v) is 8.50. The number of benzene rings is 2. The summed E-state index contributed by atoms with van der Waals surface area (Å²) in [6.07, 6.45) is 2.85. The van der Waals surface area contributed by atoms with Crippen LogP contribution >= 0.6 is 23.5 Å². The third-order valence-electron chi connectivity index (χ3n) is 5.73. The zero-order valence-corrected chi connectivity index (χ0v) is 21.5. The van der Waals surface area contributed by atoms with Crippen LogP contribution in [0.5, 0.6) is 11.5 Å². The fourth-order valence-corrected chi connectivity index (χ4v) is 6.99. The Hall–Kier alpha value is -2.39. The molecule has 1 atom stereocenters. The van der Waals surface area contributed by atoms with Gasteiger partial charge in [-0.2, -0.15) is 0 Å². The van der Waals surface area contributed by atoms with Crippen LogP contribution in [0.4, 0.5) is 5.69 Å². The van der Waals surface area contributed by atoms with E-state index in [9.17, 15) is 14.9 Å². The molecule has 1 aliphatic rings. The van der Waals surface area contributed by atoms with Gasteiger partial charge in [-0.25, -0.2) is 0 Å². The van der Waals surface area contributed by atoms with Gasteiger partial charge in [0.25, 0.3) is 11.6 Å². The van der Waals surface area contributed by atoms with E-state index < -0.39 is 4.92 Å². The number of rotatable bonds is 11. The van der Waals surface area contributed by atoms with Crippen molar-refractivity contribution < 1.29 is 19.2 Å². The first-order valence-electron chi connectivity index (χ1n) is 11.6. The summed E-state index contributed by atoms with van der Waals surface area (Å²) < 4.78 is 11.6. The van der Waals surface area contributed by atoms with Crippen LogP contribution in [0.25, 0.3) is 0 Å². The van der Waals surface area contributed by atoms with E-state index in [1.165, 1.54) is 19.2 Å². The number of nitro groups is 1. The fourth-order valence-electron chi connectivity index (χ4n) is 4.13. The Morgan fingerprint density at radius 1 is 1.15 bits per heavy atom. The normalized spacial score (nSPS) is 15.9. The molecule has 0 bridgehead atoms. The second-order valence-electron chi connectivity index (χ2n) is 7.89.